The molecule has 0 bridgehead atoms. The van der Waals surface area contributed by atoms with Gasteiger partial charge in [-0.2, -0.15) is 0 Å². The van der Waals surface area contributed by atoms with E-state index in [1.807, 2.05) is 0 Å². The Bertz CT molecular complexity index is 695. The Morgan fingerprint density at radius 3 is 2.80 bits per heavy atom. The number of sulfonamides is 1. The number of H-pyrrole nitrogens is 1. The fourth-order valence-electron chi connectivity index (χ4n) is 1.61. The Hall–Kier alpha value is -2.19. The van der Waals surface area contributed by atoms with Gasteiger partial charge in [-0.1, -0.05) is 12.1 Å². The number of carbonyl (C=O) groups excluding carboxylic acids is 1. The van der Waals surface area contributed by atoms with Gasteiger partial charge in [-0.05, 0) is 12.1 Å². The number of imidazole rings is 1. The zero-order chi connectivity index (χ0) is 14.6. The zero-order valence-corrected chi connectivity index (χ0v) is 11.5. The number of nitrogens with zero attached hydrogens (tertiary/aromatic N) is 1. The predicted octanol–water partition coefficient (Wildman–Crippen LogP) is 0.675. The molecule has 2 aromatic rings. The molecule has 7 nitrogen and oxygen atoms in total. The minimum Gasteiger partial charge on any atom is -0.465 e. The second-order valence-electron chi connectivity index (χ2n) is 3.89. The number of aromatic amines is 1. The predicted molar refractivity (Wildman–Crippen MR) is 70.4 cm³/mol. The molecule has 0 aliphatic rings. The fraction of sp³-hybridized carbons (Fsp3) is 0.167. The normalized spacial score (nSPS) is 11.2. The summed E-state index contributed by atoms with van der Waals surface area (Å²) in [4.78, 5) is 18.0. The Labute approximate surface area is 116 Å². The third kappa shape index (κ3) is 3.03. The van der Waals surface area contributed by atoms with Crippen molar-refractivity contribution in [1.29, 1.82) is 0 Å². The number of nitrogens with one attached hydrogen (secondary N) is 2. The topological polar surface area (TPSA) is 101 Å². The van der Waals surface area contributed by atoms with E-state index in [0.717, 1.165) is 0 Å². The number of aromatic nitrogens is 2. The molecule has 0 aliphatic carbocycles. The van der Waals surface area contributed by atoms with Gasteiger partial charge in [0.25, 0.3) is 0 Å². The van der Waals surface area contributed by atoms with Crippen LogP contribution in [0, 0.1) is 0 Å². The average molecular weight is 295 g/mol. The van der Waals surface area contributed by atoms with Crippen molar-refractivity contribution in [3.63, 3.8) is 0 Å². The van der Waals surface area contributed by atoms with Gasteiger partial charge in [0.05, 0.1) is 30.4 Å². The van der Waals surface area contributed by atoms with Gasteiger partial charge in [0.2, 0.25) is 10.0 Å². The van der Waals surface area contributed by atoms with E-state index >= 15 is 0 Å². The van der Waals surface area contributed by atoms with Gasteiger partial charge in [0.1, 0.15) is 0 Å². The van der Waals surface area contributed by atoms with Crippen molar-refractivity contribution in [1.82, 2.24) is 14.7 Å². The lowest BCUT2D eigenvalue weighted by molar-refractivity contribution is 0.0596. The molecule has 1 aromatic carbocycles. The minimum absolute atomic E-state index is 0.00730. The van der Waals surface area contributed by atoms with Crippen molar-refractivity contribution < 1.29 is 17.9 Å². The van der Waals surface area contributed by atoms with Gasteiger partial charge in [-0.3, -0.25) is 0 Å². The van der Waals surface area contributed by atoms with Gasteiger partial charge >= 0.3 is 5.97 Å². The van der Waals surface area contributed by atoms with E-state index in [0.29, 0.717) is 5.69 Å². The summed E-state index contributed by atoms with van der Waals surface area (Å²) in [6.45, 7) is 0.0534. The molecule has 2 N–H and O–H groups in total. The van der Waals surface area contributed by atoms with Crippen molar-refractivity contribution in [2.75, 3.05) is 7.11 Å². The maximum Gasteiger partial charge on any atom is 0.339 e. The summed E-state index contributed by atoms with van der Waals surface area (Å²) in [5.41, 5.74) is 0.608. The van der Waals surface area contributed by atoms with E-state index in [2.05, 4.69) is 19.4 Å². The lowest BCUT2D eigenvalue weighted by Gasteiger charge is -2.09. The maximum atomic E-state index is 12.2. The third-order valence-corrected chi connectivity index (χ3v) is 4.05. The van der Waals surface area contributed by atoms with Crippen LogP contribution in [-0.4, -0.2) is 31.5 Å². The van der Waals surface area contributed by atoms with Crippen LogP contribution >= 0.6 is 0 Å². The smallest absolute Gasteiger partial charge is 0.339 e. The van der Waals surface area contributed by atoms with E-state index < -0.39 is 16.0 Å². The molecule has 0 aliphatic heterocycles. The Balaban J connectivity index is 2.27. The van der Waals surface area contributed by atoms with Crippen LogP contribution < -0.4 is 4.72 Å². The standard InChI is InChI=1S/C12H13N3O4S/c1-19-12(16)10-4-2-3-5-11(10)20(17,18)15-7-9-6-13-8-14-9/h2-6,8,15H,7H2,1H3,(H,13,14). The molecule has 0 amide bonds. The molecule has 0 fully saturated rings. The summed E-state index contributed by atoms with van der Waals surface area (Å²) in [5, 5.41) is 0. The van der Waals surface area contributed by atoms with Crippen LogP contribution in [0.5, 0.6) is 0 Å². The number of ether oxygens (including phenoxy) is 1. The molecule has 20 heavy (non-hydrogen) atoms. The molecule has 106 valence electrons. The first kappa shape index (κ1) is 14.2. The first-order valence-electron chi connectivity index (χ1n) is 5.69. The molecule has 0 spiro atoms. The second kappa shape index (κ2) is 5.85. The summed E-state index contributed by atoms with van der Waals surface area (Å²) >= 11 is 0. The summed E-state index contributed by atoms with van der Waals surface area (Å²) in [7, 11) is -2.62. The SMILES string of the molecule is COC(=O)c1ccccc1S(=O)(=O)NCc1cnc[nH]1. The van der Waals surface area contributed by atoms with Crippen molar-refractivity contribution >= 4 is 16.0 Å². The van der Waals surface area contributed by atoms with E-state index in [1.54, 1.807) is 6.07 Å². The summed E-state index contributed by atoms with van der Waals surface area (Å²) in [6.07, 6.45) is 2.96. The summed E-state index contributed by atoms with van der Waals surface area (Å²) in [5.74, 6) is -0.701. The lowest BCUT2D eigenvalue weighted by atomic mass is 10.2. The van der Waals surface area contributed by atoms with Crippen LogP contribution in [0.3, 0.4) is 0 Å². The van der Waals surface area contributed by atoms with Gasteiger partial charge in [0.15, 0.2) is 0 Å². The van der Waals surface area contributed by atoms with Crippen molar-refractivity contribution in [3.05, 3.63) is 48.0 Å². The molecule has 1 aromatic heterocycles. The van der Waals surface area contributed by atoms with Crippen LogP contribution in [0.25, 0.3) is 0 Å². The van der Waals surface area contributed by atoms with Gasteiger partial charge in [0, 0.05) is 11.9 Å². The Morgan fingerprint density at radius 2 is 2.15 bits per heavy atom. The van der Waals surface area contributed by atoms with Crippen molar-refractivity contribution in [2.24, 2.45) is 0 Å². The Kier molecular flexibility index (Phi) is 4.16. The first-order chi connectivity index (χ1) is 9.54. The van der Waals surface area contributed by atoms with Crippen LogP contribution in [0.15, 0.2) is 41.7 Å². The van der Waals surface area contributed by atoms with E-state index in [4.69, 9.17) is 0 Å². The highest BCUT2D eigenvalue weighted by molar-refractivity contribution is 7.89. The molecular formula is C12H13N3O4S. The van der Waals surface area contributed by atoms with E-state index in [-0.39, 0.29) is 17.0 Å². The highest BCUT2D eigenvalue weighted by atomic mass is 32.2. The highest BCUT2D eigenvalue weighted by Crippen LogP contribution is 2.16. The molecule has 0 unspecified atom stereocenters. The van der Waals surface area contributed by atoms with E-state index in [1.165, 1.54) is 37.8 Å². The summed E-state index contributed by atoms with van der Waals surface area (Å²) < 4.78 is 31.4. The molecule has 0 saturated carbocycles. The molecular weight excluding hydrogens is 282 g/mol. The van der Waals surface area contributed by atoms with Crippen LogP contribution in [-0.2, 0) is 21.3 Å². The average Bonchev–Trinajstić information content (AvgIpc) is 2.98. The number of carbonyl (C=O) groups is 1. The van der Waals surface area contributed by atoms with Gasteiger partial charge < -0.3 is 9.72 Å². The number of methoxy groups -OCH3 is 1. The summed E-state index contributed by atoms with van der Waals surface area (Å²) in [6, 6.07) is 5.86. The first-order valence-corrected chi connectivity index (χ1v) is 7.17. The largest absolute Gasteiger partial charge is 0.465 e. The zero-order valence-electron chi connectivity index (χ0n) is 10.7. The van der Waals surface area contributed by atoms with Crippen LogP contribution in [0.1, 0.15) is 16.1 Å². The molecule has 1 heterocycles. The molecule has 0 radical (unpaired) electrons. The minimum atomic E-state index is -3.82. The second-order valence-corrected chi connectivity index (χ2v) is 5.62. The van der Waals surface area contributed by atoms with Crippen molar-refractivity contribution in [2.45, 2.75) is 11.4 Å². The lowest BCUT2D eigenvalue weighted by Crippen LogP contribution is -2.25. The number of hydrogen-bond acceptors (Lipinski definition) is 5. The van der Waals surface area contributed by atoms with Gasteiger partial charge in [-0.15, -0.1) is 0 Å². The molecule has 0 saturated heterocycles. The number of benzene rings is 1. The van der Waals surface area contributed by atoms with Crippen molar-refractivity contribution in [3.8, 4) is 0 Å². The van der Waals surface area contributed by atoms with Crippen LogP contribution in [0.4, 0.5) is 0 Å². The quantitative estimate of drug-likeness (QED) is 0.790. The monoisotopic (exact) mass is 295 g/mol. The van der Waals surface area contributed by atoms with E-state index in [9.17, 15) is 13.2 Å². The third-order valence-electron chi connectivity index (χ3n) is 2.59. The Morgan fingerprint density at radius 1 is 1.40 bits per heavy atom. The number of esters is 1. The number of hydrogen-bond donors (Lipinski definition) is 2. The molecule has 0 atom stereocenters. The number of rotatable bonds is 5. The molecule has 8 heteroatoms. The molecule has 2 rings (SSSR count). The maximum absolute atomic E-state index is 12.2. The highest BCUT2D eigenvalue weighted by Gasteiger charge is 2.22. The van der Waals surface area contributed by atoms with Crippen LogP contribution in [0.2, 0.25) is 0 Å². The van der Waals surface area contributed by atoms with Gasteiger partial charge in [-0.25, -0.2) is 22.9 Å². The fourth-order valence-corrected chi connectivity index (χ4v) is 2.81.